The zero-order chi connectivity index (χ0) is 16.6. The molecule has 0 amide bonds. The van der Waals surface area contributed by atoms with Crippen LogP contribution in [0.15, 0.2) is 34.2 Å². The third-order valence-corrected chi connectivity index (χ3v) is 4.55. The van der Waals surface area contributed by atoms with E-state index in [1.54, 1.807) is 4.57 Å². The van der Waals surface area contributed by atoms with Gasteiger partial charge in [-0.15, -0.1) is 0 Å². The summed E-state index contributed by atoms with van der Waals surface area (Å²) in [5, 5.41) is 0.564. The van der Waals surface area contributed by atoms with Crippen molar-refractivity contribution in [1.82, 2.24) is 14.5 Å². The minimum atomic E-state index is -0.874. The Morgan fingerprint density at radius 3 is 2.74 bits per heavy atom. The molecule has 0 atom stereocenters. The van der Waals surface area contributed by atoms with E-state index in [1.165, 1.54) is 17.8 Å². The fraction of sp³-hybridized carbons (Fsp3) is 0.250. The van der Waals surface area contributed by atoms with Gasteiger partial charge in [-0.25, -0.2) is 13.8 Å². The number of aromatic nitrogens is 3. The molecule has 0 aliphatic heterocycles. The van der Waals surface area contributed by atoms with Crippen molar-refractivity contribution in [2.75, 3.05) is 0 Å². The summed E-state index contributed by atoms with van der Waals surface area (Å²) in [5.74, 6) is -1.34. The van der Waals surface area contributed by atoms with E-state index in [9.17, 15) is 13.6 Å². The molecule has 120 valence electrons. The van der Waals surface area contributed by atoms with Gasteiger partial charge in [0.15, 0.2) is 16.8 Å². The zero-order valence-corrected chi connectivity index (χ0v) is 13.5. The van der Waals surface area contributed by atoms with E-state index in [2.05, 4.69) is 9.97 Å². The number of hydrogen-bond donors (Lipinski definition) is 1. The van der Waals surface area contributed by atoms with Crippen molar-refractivity contribution in [3.05, 3.63) is 57.5 Å². The maximum Gasteiger partial charge on any atom is 0.278 e. The van der Waals surface area contributed by atoms with Gasteiger partial charge < -0.3 is 4.98 Å². The summed E-state index contributed by atoms with van der Waals surface area (Å²) in [4.78, 5) is 20.0. The number of thioether (sulfide) groups is 1. The van der Waals surface area contributed by atoms with Crippen molar-refractivity contribution in [2.45, 2.75) is 31.3 Å². The minimum Gasteiger partial charge on any atom is -0.353 e. The normalized spacial score (nSPS) is 11.3. The lowest BCUT2D eigenvalue weighted by atomic mass is 10.2. The molecule has 0 aliphatic carbocycles. The van der Waals surface area contributed by atoms with Crippen LogP contribution in [0.25, 0.3) is 11.0 Å². The van der Waals surface area contributed by atoms with Gasteiger partial charge in [0.2, 0.25) is 0 Å². The lowest BCUT2D eigenvalue weighted by Gasteiger charge is -2.09. The predicted octanol–water partition coefficient (Wildman–Crippen LogP) is 3.62. The molecular weight excluding hydrogens is 320 g/mol. The first-order valence-electron chi connectivity index (χ1n) is 7.16. The second-order valence-corrected chi connectivity index (χ2v) is 6.14. The average molecular weight is 335 g/mol. The average Bonchev–Trinajstić information content (AvgIpc) is 2.89. The maximum absolute atomic E-state index is 13.3. The van der Waals surface area contributed by atoms with Crippen LogP contribution in [0.3, 0.4) is 0 Å². The number of benzene rings is 1. The fourth-order valence-corrected chi connectivity index (χ4v) is 3.38. The Morgan fingerprint density at radius 2 is 2.04 bits per heavy atom. The van der Waals surface area contributed by atoms with Gasteiger partial charge in [0.25, 0.3) is 5.56 Å². The Hall–Kier alpha value is -2.15. The summed E-state index contributed by atoms with van der Waals surface area (Å²) >= 11 is 1.33. The molecule has 3 aromatic rings. The lowest BCUT2D eigenvalue weighted by molar-refractivity contribution is 0.507. The van der Waals surface area contributed by atoms with Crippen molar-refractivity contribution in [1.29, 1.82) is 0 Å². The molecule has 0 saturated heterocycles. The van der Waals surface area contributed by atoms with E-state index < -0.39 is 11.6 Å². The van der Waals surface area contributed by atoms with Gasteiger partial charge in [0, 0.05) is 18.0 Å². The molecule has 0 spiro atoms. The fourth-order valence-electron chi connectivity index (χ4n) is 2.38. The van der Waals surface area contributed by atoms with E-state index in [0.717, 1.165) is 17.8 Å². The van der Waals surface area contributed by atoms with Crippen LogP contribution in [0.2, 0.25) is 0 Å². The Kier molecular flexibility index (Phi) is 4.21. The van der Waals surface area contributed by atoms with Crippen LogP contribution in [0.1, 0.15) is 18.2 Å². The van der Waals surface area contributed by atoms with Crippen molar-refractivity contribution in [3.8, 4) is 0 Å². The minimum absolute atomic E-state index is 0.126. The Bertz CT molecular complexity index is 933. The van der Waals surface area contributed by atoms with Gasteiger partial charge in [-0.1, -0.05) is 17.8 Å². The van der Waals surface area contributed by atoms with Crippen LogP contribution in [0.5, 0.6) is 0 Å². The molecule has 0 radical (unpaired) electrons. The molecule has 0 unspecified atom stereocenters. The summed E-state index contributed by atoms with van der Waals surface area (Å²) in [6.45, 7) is 4.22. The van der Waals surface area contributed by atoms with Crippen LogP contribution < -0.4 is 5.56 Å². The molecule has 0 fully saturated rings. The lowest BCUT2D eigenvalue weighted by Crippen LogP contribution is -2.22. The highest BCUT2D eigenvalue weighted by Crippen LogP contribution is 2.23. The second kappa shape index (κ2) is 6.16. The quantitative estimate of drug-likeness (QED) is 0.585. The predicted molar refractivity (Wildman–Crippen MR) is 86.7 cm³/mol. The van der Waals surface area contributed by atoms with Gasteiger partial charge in [-0.05, 0) is 37.6 Å². The monoisotopic (exact) mass is 335 g/mol. The molecule has 0 bridgehead atoms. The van der Waals surface area contributed by atoms with Crippen molar-refractivity contribution >= 4 is 22.8 Å². The largest absolute Gasteiger partial charge is 0.353 e. The number of nitrogens with zero attached hydrogens (tertiary/aromatic N) is 2. The first kappa shape index (κ1) is 15.7. The Morgan fingerprint density at radius 1 is 1.26 bits per heavy atom. The van der Waals surface area contributed by atoms with Crippen LogP contribution in [-0.2, 0) is 12.3 Å². The molecule has 2 heterocycles. The van der Waals surface area contributed by atoms with E-state index in [0.29, 0.717) is 34.1 Å². The molecule has 1 aromatic carbocycles. The highest BCUT2D eigenvalue weighted by Gasteiger charge is 2.13. The molecule has 3 rings (SSSR count). The summed E-state index contributed by atoms with van der Waals surface area (Å²) in [6.07, 6.45) is 0. The Balaban J connectivity index is 1.95. The van der Waals surface area contributed by atoms with Gasteiger partial charge in [-0.3, -0.25) is 9.36 Å². The molecule has 0 saturated carbocycles. The number of rotatable bonds is 4. The standard InChI is InChI=1S/C16H15F2N3OS/c1-3-21-15(22)14-13(6-9(2)19-14)20-16(21)23-8-10-4-5-11(17)12(18)7-10/h4-7,19H,3,8H2,1-2H3. The highest BCUT2D eigenvalue weighted by molar-refractivity contribution is 7.98. The number of hydrogen-bond acceptors (Lipinski definition) is 3. The third kappa shape index (κ3) is 3.01. The van der Waals surface area contributed by atoms with E-state index >= 15 is 0 Å². The number of H-pyrrole nitrogens is 1. The smallest absolute Gasteiger partial charge is 0.278 e. The molecule has 23 heavy (non-hydrogen) atoms. The van der Waals surface area contributed by atoms with Gasteiger partial charge in [0.1, 0.15) is 5.52 Å². The highest BCUT2D eigenvalue weighted by atomic mass is 32.2. The first-order chi connectivity index (χ1) is 11.0. The van der Waals surface area contributed by atoms with Crippen molar-refractivity contribution < 1.29 is 8.78 Å². The van der Waals surface area contributed by atoms with E-state index in [-0.39, 0.29) is 5.56 Å². The molecule has 7 heteroatoms. The van der Waals surface area contributed by atoms with Crippen LogP contribution in [0, 0.1) is 18.6 Å². The maximum atomic E-state index is 13.3. The van der Waals surface area contributed by atoms with Gasteiger partial charge in [-0.2, -0.15) is 0 Å². The number of fused-ring (bicyclic) bond motifs is 1. The molecule has 0 aliphatic rings. The van der Waals surface area contributed by atoms with E-state index in [4.69, 9.17) is 0 Å². The molecular formula is C16H15F2N3OS. The first-order valence-corrected chi connectivity index (χ1v) is 8.15. The van der Waals surface area contributed by atoms with Crippen LogP contribution in [0.4, 0.5) is 8.78 Å². The van der Waals surface area contributed by atoms with Crippen molar-refractivity contribution in [2.24, 2.45) is 0 Å². The number of aryl methyl sites for hydroxylation is 1. The number of halogens is 2. The molecule has 1 N–H and O–H groups in total. The SMILES string of the molecule is CCn1c(SCc2ccc(F)c(F)c2)nc2cc(C)[nH]c2c1=O. The number of nitrogens with one attached hydrogen (secondary N) is 1. The topological polar surface area (TPSA) is 50.7 Å². The summed E-state index contributed by atoms with van der Waals surface area (Å²) in [6, 6.07) is 5.61. The summed E-state index contributed by atoms with van der Waals surface area (Å²) in [7, 11) is 0. The van der Waals surface area contributed by atoms with Crippen LogP contribution >= 0.6 is 11.8 Å². The van der Waals surface area contributed by atoms with Crippen LogP contribution in [-0.4, -0.2) is 14.5 Å². The summed E-state index contributed by atoms with van der Waals surface area (Å²) < 4.78 is 27.8. The van der Waals surface area contributed by atoms with E-state index in [1.807, 2.05) is 19.9 Å². The number of aromatic amines is 1. The van der Waals surface area contributed by atoms with Crippen molar-refractivity contribution in [3.63, 3.8) is 0 Å². The Labute approximate surface area is 135 Å². The van der Waals surface area contributed by atoms with Gasteiger partial charge >= 0.3 is 0 Å². The zero-order valence-electron chi connectivity index (χ0n) is 12.7. The second-order valence-electron chi connectivity index (χ2n) is 5.19. The molecule has 2 aromatic heterocycles. The summed E-state index contributed by atoms with van der Waals surface area (Å²) in [5.41, 5.74) is 2.48. The molecule has 4 nitrogen and oxygen atoms in total. The van der Waals surface area contributed by atoms with Gasteiger partial charge in [0.05, 0.1) is 5.52 Å². The third-order valence-electron chi connectivity index (χ3n) is 3.51.